The van der Waals surface area contributed by atoms with E-state index in [0.717, 1.165) is 21.7 Å². The van der Waals surface area contributed by atoms with E-state index in [-0.39, 0.29) is 5.76 Å². The summed E-state index contributed by atoms with van der Waals surface area (Å²) in [5.41, 5.74) is 1.44. The average Bonchev–Trinajstić information content (AvgIpc) is 2.58. The first-order chi connectivity index (χ1) is 11.1. The SMILES string of the molecule is OC1=Cc2c(cc3ccc4cccc5ccc2c3c45)C(O)C1O. The molecule has 4 aromatic carbocycles. The molecule has 1 aliphatic carbocycles. The summed E-state index contributed by atoms with van der Waals surface area (Å²) in [6, 6.07) is 16.4. The van der Waals surface area contributed by atoms with Gasteiger partial charge in [-0.3, -0.25) is 0 Å². The van der Waals surface area contributed by atoms with E-state index in [1.54, 1.807) is 6.08 Å². The third kappa shape index (κ3) is 1.55. The minimum absolute atomic E-state index is 0.194. The molecule has 0 saturated heterocycles. The van der Waals surface area contributed by atoms with Gasteiger partial charge in [0.2, 0.25) is 0 Å². The van der Waals surface area contributed by atoms with Gasteiger partial charge in [0.05, 0.1) is 0 Å². The number of fused-ring (bicyclic) bond motifs is 2. The third-order valence-corrected chi connectivity index (χ3v) is 4.93. The van der Waals surface area contributed by atoms with Crippen molar-refractivity contribution >= 4 is 38.4 Å². The molecule has 2 unspecified atom stereocenters. The van der Waals surface area contributed by atoms with Gasteiger partial charge in [0, 0.05) is 0 Å². The monoisotopic (exact) mass is 302 g/mol. The van der Waals surface area contributed by atoms with Gasteiger partial charge in [-0.2, -0.15) is 0 Å². The molecule has 2 atom stereocenters. The second kappa shape index (κ2) is 4.22. The second-order valence-corrected chi connectivity index (χ2v) is 6.19. The van der Waals surface area contributed by atoms with Crippen molar-refractivity contribution in [2.75, 3.05) is 0 Å². The van der Waals surface area contributed by atoms with Crippen LogP contribution in [0.1, 0.15) is 17.2 Å². The van der Waals surface area contributed by atoms with Crippen molar-refractivity contribution < 1.29 is 15.3 Å². The normalized spacial score (nSPS) is 21.0. The Morgan fingerprint density at radius 1 is 0.739 bits per heavy atom. The van der Waals surface area contributed by atoms with E-state index < -0.39 is 12.2 Å². The molecule has 0 saturated carbocycles. The molecule has 3 heteroatoms. The Hall–Kier alpha value is -2.62. The lowest BCUT2D eigenvalue weighted by Crippen LogP contribution is -2.24. The van der Waals surface area contributed by atoms with Crippen LogP contribution in [0.4, 0.5) is 0 Å². The highest BCUT2D eigenvalue weighted by Crippen LogP contribution is 2.42. The molecule has 0 fully saturated rings. The van der Waals surface area contributed by atoms with E-state index in [0.29, 0.717) is 5.56 Å². The van der Waals surface area contributed by atoms with E-state index in [4.69, 9.17) is 0 Å². The van der Waals surface area contributed by atoms with Crippen molar-refractivity contribution in [1.29, 1.82) is 0 Å². The van der Waals surface area contributed by atoms with Gasteiger partial charge in [-0.1, -0.05) is 42.5 Å². The van der Waals surface area contributed by atoms with Crippen molar-refractivity contribution in [3.8, 4) is 0 Å². The van der Waals surface area contributed by atoms with E-state index in [1.807, 2.05) is 24.3 Å². The molecule has 3 nitrogen and oxygen atoms in total. The maximum Gasteiger partial charge on any atom is 0.141 e. The van der Waals surface area contributed by atoms with Gasteiger partial charge >= 0.3 is 0 Å². The lowest BCUT2D eigenvalue weighted by Gasteiger charge is -2.26. The van der Waals surface area contributed by atoms with Gasteiger partial charge in [0.1, 0.15) is 18.0 Å². The Morgan fingerprint density at radius 3 is 2.22 bits per heavy atom. The highest BCUT2D eigenvalue weighted by Gasteiger charge is 2.30. The van der Waals surface area contributed by atoms with Crippen LogP contribution in [0.5, 0.6) is 0 Å². The van der Waals surface area contributed by atoms with Crippen molar-refractivity contribution in [2.24, 2.45) is 0 Å². The van der Waals surface area contributed by atoms with Gasteiger partial charge in [0.15, 0.2) is 0 Å². The zero-order valence-electron chi connectivity index (χ0n) is 12.2. The summed E-state index contributed by atoms with van der Waals surface area (Å²) in [4.78, 5) is 0. The Balaban J connectivity index is 2.04. The molecule has 0 aromatic heterocycles. The number of aliphatic hydroxyl groups is 3. The predicted octanol–water partition coefficient (Wildman–Crippen LogP) is 3.89. The van der Waals surface area contributed by atoms with Crippen LogP contribution < -0.4 is 0 Å². The smallest absolute Gasteiger partial charge is 0.141 e. The van der Waals surface area contributed by atoms with Crippen molar-refractivity contribution in [3.63, 3.8) is 0 Å². The highest BCUT2D eigenvalue weighted by atomic mass is 16.4. The Morgan fingerprint density at radius 2 is 1.43 bits per heavy atom. The number of hydrogen-bond acceptors (Lipinski definition) is 3. The van der Waals surface area contributed by atoms with Gasteiger partial charge < -0.3 is 15.3 Å². The van der Waals surface area contributed by atoms with Crippen LogP contribution in [0.2, 0.25) is 0 Å². The molecule has 0 spiro atoms. The number of hydrogen-bond donors (Lipinski definition) is 3. The first-order valence-electron chi connectivity index (χ1n) is 7.62. The fourth-order valence-electron chi connectivity index (χ4n) is 3.83. The molecular weight excluding hydrogens is 288 g/mol. The molecule has 0 bridgehead atoms. The summed E-state index contributed by atoms with van der Waals surface area (Å²) >= 11 is 0. The number of rotatable bonds is 0. The van der Waals surface area contributed by atoms with Crippen LogP contribution in [0, 0.1) is 0 Å². The van der Waals surface area contributed by atoms with Crippen LogP contribution in [0.25, 0.3) is 38.4 Å². The molecule has 0 aliphatic heterocycles. The quantitative estimate of drug-likeness (QED) is 0.432. The summed E-state index contributed by atoms with van der Waals surface area (Å²) in [7, 11) is 0. The topological polar surface area (TPSA) is 60.7 Å². The first kappa shape index (κ1) is 12.9. The Bertz CT molecular complexity index is 1090. The predicted molar refractivity (Wildman–Crippen MR) is 91.7 cm³/mol. The lowest BCUT2D eigenvalue weighted by molar-refractivity contribution is 0.0161. The summed E-state index contributed by atoms with van der Waals surface area (Å²) in [5.74, 6) is -0.194. The molecule has 1 aliphatic rings. The van der Waals surface area contributed by atoms with E-state index in [1.165, 1.54) is 16.2 Å². The van der Waals surface area contributed by atoms with Crippen molar-refractivity contribution in [2.45, 2.75) is 12.2 Å². The molecule has 4 aromatic rings. The van der Waals surface area contributed by atoms with Gasteiger partial charge in [0.25, 0.3) is 0 Å². The maximum absolute atomic E-state index is 10.3. The number of aliphatic hydroxyl groups excluding tert-OH is 3. The third-order valence-electron chi connectivity index (χ3n) is 4.93. The standard InChI is InChI=1S/C20H14O3/c21-16-9-14-13-7-6-11-3-1-2-10-4-5-12(18(13)17(10)11)8-15(14)19(22)20(16)23/h1-9,19-23H. The molecule has 0 heterocycles. The maximum atomic E-state index is 10.3. The molecule has 0 amide bonds. The van der Waals surface area contributed by atoms with Crippen molar-refractivity contribution in [3.05, 3.63) is 65.4 Å². The van der Waals surface area contributed by atoms with Gasteiger partial charge in [-0.15, -0.1) is 0 Å². The zero-order valence-corrected chi connectivity index (χ0v) is 12.2. The van der Waals surface area contributed by atoms with Gasteiger partial charge in [-0.05, 0) is 55.6 Å². The molecule has 0 radical (unpaired) electrons. The average molecular weight is 302 g/mol. The minimum atomic E-state index is -1.27. The zero-order chi connectivity index (χ0) is 15.7. The summed E-state index contributed by atoms with van der Waals surface area (Å²) < 4.78 is 0. The lowest BCUT2D eigenvalue weighted by atomic mass is 9.84. The molecule has 23 heavy (non-hydrogen) atoms. The van der Waals surface area contributed by atoms with Crippen LogP contribution in [-0.2, 0) is 0 Å². The minimum Gasteiger partial charge on any atom is -0.509 e. The summed E-state index contributed by atoms with van der Waals surface area (Å²) in [6.07, 6.45) is -0.814. The summed E-state index contributed by atoms with van der Waals surface area (Å²) in [5, 5.41) is 36.9. The molecule has 5 rings (SSSR count). The van der Waals surface area contributed by atoms with Crippen LogP contribution >= 0.6 is 0 Å². The Kier molecular flexibility index (Phi) is 2.36. The van der Waals surface area contributed by atoms with Crippen LogP contribution in [0.3, 0.4) is 0 Å². The van der Waals surface area contributed by atoms with E-state index in [9.17, 15) is 15.3 Å². The highest BCUT2D eigenvalue weighted by molar-refractivity contribution is 6.24. The first-order valence-corrected chi connectivity index (χ1v) is 7.62. The second-order valence-electron chi connectivity index (χ2n) is 6.19. The molecule has 3 N–H and O–H groups in total. The van der Waals surface area contributed by atoms with Crippen LogP contribution in [-0.4, -0.2) is 21.4 Å². The summed E-state index contributed by atoms with van der Waals surface area (Å²) in [6.45, 7) is 0. The fraction of sp³-hybridized carbons (Fsp3) is 0.100. The van der Waals surface area contributed by atoms with Gasteiger partial charge in [-0.25, -0.2) is 0 Å². The van der Waals surface area contributed by atoms with E-state index >= 15 is 0 Å². The van der Waals surface area contributed by atoms with Crippen molar-refractivity contribution in [1.82, 2.24) is 0 Å². The molecule has 112 valence electrons. The Labute approximate surface area is 132 Å². The largest absolute Gasteiger partial charge is 0.509 e. The molecular formula is C20H14O3. The fourth-order valence-corrected chi connectivity index (χ4v) is 3.83. The number of benzene rings is 4. The van der Waals surface area contributed by atoms with E-state index in [2.05, 4.69) is 24.3 Å². The van der Waals surface area contributed by atoms with Crippen LogP contribution in [0.15, 0.2) is 54.3 Å².